The van der Waals surface area contributed by atoms with Crippen molar-refractivity contribution in [2.24, 2.45) is 7.05 Å². The SMILES string of the molecule is CCCCOC(C(=O)O)c1c(C)cc2nc(N3CCN(C)C(c4ccc5c(cnn5C)c4)C3)sc2c1-c1ccc(Cl)cc1. The molecule has 1 N–H and O–H groups in total. The summed E-state index contributed by atoms with van der Waals surface area (Å²) in [7, 11) is 4.14. The molecule has 1 aliphatic heterocycles. The molecule has 2 aromatic heterocycles. The zero-order valence-electron chi connectivity index (χ0n) is 24.9. The van der Waals surface area contributed by atoms with Crippen molar-refractivity contribution in [2.75, 3.05) is 38.2 Å². The minimum absolute atomic E-state index is 0.196. The third kappa shape index (κ3) is 5.74. The predicted molar refractivity (Wildman–Crippen MR) is 174 cm³/mol. The number of fused-ring (bicyclic) bond motifs is 2. The molecule has 224 valence electrons. The maximum Gasteiger partial charge on any atom is 0.337 e. The normalized spacial score (nSPS) is 16.8. The molecule has 1 fully saturated rings. The molecular weight excluding hydrogens is 582 g/mol. The highest BCUT2D eigenvalue weighted by Gasteiger charge is 2.31. The third-order valence-electron chi connectivity index (χ3n) is 8.39. The largest absolute Gasteiger partial charge is 0.479 e. The lowest BCUT2D eigenvalue weighted by Crippen LogP contribution is -2.46. The third-order valence-corrected chi connectivity index (χ3v) is 9.79. The van der Waals surface area contributed by atoms with Gasteiger partial charge in [-0.25, -0.2) is 9.78 Å². The fraction of sp³-hybridized carbons (Fsp3) is 0.364. The van der Waals surface area contributed by atoms with Crippen molar-refractivity contribution < 1.29 is 14.6 Å². The first kappa shape index (κ1) is 29.6. The van der Waals surface area contributed by atoms with E-state index in [1.54, 1.807) is 11.3 Å². The average Bonchev–Trinajstić information content (AvgIpc) is 3.58. The Morgan fingerprint density at radius 3 is 2.70 bits per heavy atom. The summed E-state index contributed by atoms with van der Waals surface area (Å²) in [6.07, 6.45) is 2.56. The molecule has 2 unspecified atom stereocenters. The number of rotatable bonds is 9. The van der Waals surface area contributed by atoms with E-state index in [1.807, 2.05) is 55.2 Å². The molecule has 3 heterocycles. The number of carboxylic acid groups (broad SMARTS) is 1. The zero-order valence-corrected chi connectivity index (χ0v) is 26.5. The van der Waals surface area contributed by atoms with E-state index in [9.17, 15) is 9.90 Å². The van der Waals surface area contributed by atoms with Crippen molar-refractivity contribution in [2.45, 2.75) is 38.8 Å². The van der Waals surface area contributed by atoms with Crippen LogP contribution in [0.15, 0.2) is 54.7 Å². The number of carbonyl (C=O) groups is 1. The van der Waals surface area contributed by atoms with Gasteiger partial charge in [0.15, 0.2) is 11.2 Å². The topological polar surface area (TPSA) is 83.7 Å². The molecule has 0 spiro atoms. The van der Waals surface area contributed by atoms with Gasteiger partial charge in [-0.3, -0.25) is 9.58 Å². The molecule has 1 aliphatic rings. The van der Waals surface area contributed by atoms with Crippen molar-refractivity contribution in [3.63, 3.8) is 0 Å². The number of halogens is 1. The van der Waals surface area contributed by atoms with Gasteiger partial charge in [-0.15, -0.1) is 0 Å². The second-order valence-electron chi connectivity index (χ2n) is 11.3. The smallest absolute Gasteiger partial charge is 0.337 e. The number of likely N-dealkylation sites (N-methyl/N-ethyl adjacent to an activating group) is 1. The van der Waals surface area contributed by atoms with E-state index in [4.69, 9.17) is 21.3 Å². The van der Waals surface area contributed by atoms with Crippen LogP contribution >= 0.6 is 22.9 Å². The molecule has 3 aromatic carbocycles. The number of ether oxygens (including phenoxy) is 1. The van der Waals surface area contributed by atoms with Crippen LogP contribution in [0, 0.1) is 6.92 Å². The summed E-state index contributed by atoms with van der Waals surface area (Å²) in [5, 5.41) is 17.4. The fourth-order valence-electron chi connectivity index (χ4n) is 6.00. The molecule has 0 bridgehead atoms. The number of piperazine rings is 1. The summed E-state index contributed by atoms with van der Waals surface area (Å²) in [6.45, 7) is 6.93. The first-order valence-electron chi connectivity index (χ1n) is 14.7. The van der Waals surface area contributed by atoms with Crippen LogP contribution < -0.4 is 4.90 Å². The number of nitrogens with zero attached hydrogens (tertiary/aromatic N) is 5. The maximum absolute atomic E-state index is 12.6. The number of thiazole rings is 1. The van der Waals surface area contributed by atoms with E-state index in [0.717, 1.165) is 75.4 Å². The number of carboxylic acids is 1. The molecule has 0 radical (unpaired) electrons. The van der Waals surface area contributed by atoms with E-state index < -0.39 is 12.1 Å². The van der Waals surface area contributed by atoms with Gasteiger partial charge in [-0.1, -0.05) is 54.5 Å². The first-order chi connectivity index (χ1) is 20.7. The Morgan fingerprint density at radius 2 is 1.95 bits per heavy atom. The molecule has 0 saturated carbocycles. The van der Waals surface area contributed by atoms with Crippen LogP contribution in [0.25, 0.3) is 32.2 Å². The number of hydrogen-bond donors (Lipinski definition) is 1. The van der Waals surface area contributed by atoms with Crippen molar-refractivity contribution >= 4 is 55.2 Å². The van der Waals surface area contributed by atoms with Crippen molar-refractivity contribution in [1.29, 1.82) is 0 Å². The number of aliphatic carboxylic acids is 1. The minimum atomic E-state index is -1.08. The first-order valence-corrected chi connectivity index (χ1v) is 15.9. The average molecular weight is 618 g/mol. The second-order valence-corrected chi connectivity index (χ2v) is 12.7. The standard InChI is InChI=1S/C33H36ClN5O3S/c1-5-6-15-42-30(32(40)41)28-20(2)16-25-31(29(28)21-7-10-24(34)11-8-21)43-33(36-25)39-14-13-37(3)27(19-39)22-9-12-26-23(17-22)18-35-38(26)4/h7-12,16-18,27,30H,5-6,13-15,19H2,1-4H3,(H,40,41). The van der Waals surface area contributed by atoms with E-state index >= 15 is 0 Å². The highest BCUT2D eigenvalue weighted by Crippen LogP contribution is 2.44. The maximum atomic E-state index is 12.6. The Balaban J connectivity index is 1.42. The molecule has 2 atom stereocenters. The van der Waals surface area contributed by atoms with Gasteiger partial charge in [0.25, 0.3) is 0 Å². The van der Waals surface area contributed by atoms with Crippen LogP contribution in [0.3, 0.4) is 0 Å². The summed E-state index contributed by atoms with van der Waals surface area (Å²) in [6, 6.07) is 16.4. The lowest BCUT2D eigenvalue weighted by molar-refractivity contribution is -0.151. The van der Waals surface area contributed by atoms with Crippen LogP contribution in [0.4, 0.5) is 5.13 Å². The molecule has 0 aliphatic carbocycles. The second kappa shape index (κ2) is 12.2. The summed E-state index contributed by atoms with van der Waals surface area (Å²) in [4.78, 5) is 22.5. The Kier molecular flexibility index (Phi) is 8.42. The predicted octanol–water partition coefficient (Wildman–Crippen LogP) is 7.25. The van der Waals surface area contributed by atoms with Crippen molar-refractivity contribution in [3.05, 3.63) is 76.4 Å². The van der Waals surface area contributed by atoms with Crippen molar-refractivity contribution in [3.8, 4) is 11.1 Å². The highest BCUT2D eigenvalue weighted by molar-refractivity contribution is 7.22. The summed E-state index contributed by atoms with van der Waals surface area (Å²) in [5.41, 5.74) is 6.50. The molecule has 10 heteroatoms. The Bertz CT molecular complexity index is 1780. The van der Waals surface area contributed by atoms with Gasteiger partial charge < -0.3 is 14.7 Å². The van der Waals surface area contributed by atoms with E-state index in [0.29, 0.717) is 17.2 Å². The fourth-order valence-corrected chi connectivity index (χ4v) is 7.28. The Hall–Kier alpha value is -3.50. The van der Waals surface area contributed by atoms with Crippen molar-refractivity contribution in [1.82, 2.24) is 19.7 Å². The van der Waals surface area contributed by atoms with Crippen LogP contribution in [0.5, 0.6) is 0 Å². The van der Waals surface area contributed by atoms with Gasteiger partial charge in [0.1, 0.15) is 0 Å². The molecular formula is C33H36ClN5O3S. The number of unbranched alkanes of at least 4 members (excludes halogenated alkanes) is 1. The molecule has 8 nitrogen and oxygen atoms in total. The Morgan fingerprint density at radius 1 is 1.16 bits per heavy atom. The van der Waals surface area contributed by atoms with Crippen LogP contribution in [0.2, 0.25) is 5.02 Å². The van der Waals surface area contributed by atoms with Crippen LogP contribution in [-0.2, 0) is 16.6 Å². The molecule has 5 aromatic rings. The number of hydrogen-bond acceptors (Lipinski definition) is 7. The van der Waals surface area contributed by atoms with E-state index in [1.165, 1.54) is 5.56 Å². The molecule has 6 rings (SSSR count). The number of anilines is 1. The monoisotopic (exact) mass is 617 g/mol. The molecule has 0 amide bonds. The highest BCUT2D eigenvalue weighted by atomic mass is 35.5. The van der Waals surface area contributed by atoms with Gasteiger partial charge >= 0.3 is 5.97 Å². The Labute approximate surface area is 260 Å². The zero-order chi connectivity index (χ0) is 30.2. The minimum Gasteiger partial charge on any atom is -0.479 e. The van der Waals surface area contributed by atoms with Gasteiger partial charge in [0.2, 0.25) is 0 Å². The van der Waals surface area contributed by atoms with Gasteiger partial charge in [-0.2, -0.15) is 5.10 Å². The van der Waals surface area contributed by atoms with E-state index in [-0.39, 0.29) is 6.04 Å². The number of aryl methyl sites for hydroxylation is 2. The lowest BCUT2D eigenvalue weighted by atomic mass is 9.91. The summed E-state index contributed by atoms with van der Waals surface area (Å²) in [5.74, 6) is -0.994. The number of aromatic nitrogens is 3. The number of benzene rings is 3. The van der Waals surface area contributed by atoms with Gasteiger partial charge in [0, 0.05) is 54.8 Å². The summed E-state index contributed by atoms with van der Waals surface area (Å²) >= 11 is 7.87. The van der Waals surface area contributed by atoms with Gasteiger partial charge in [-0.05, 0) is 67.4 Å². The van der Waals surface area contributed by atoms with Gasteiger partial charge in [0.05, 0.1) is 28.0 Å². The van der Waals surface area contributed by atoms with Crippen LogP contribution in [0.1, 0.15) is 48.6 Å². The quantitative estimate of drug-likeness (QED) is 0.174. The van der Waals surface area contributed by atoms with E-state index in [2.05, 4.69) is 47.1 Å². The summed E-state index contributed by atoms with van der Waals surface area (Å²) < 4.78 is 8.86. The molecule has 43 heavy (non-hydrogen) atoms. The van der Waals surface area contributed by atoms with Crippen LogP contribution in [-0.4, -0.2) is 64.0 Å². The molecule has 1 saturated heterocycles. The lowest BCUT2D eigenvalue weighted by Gasteiger charge is -2.39.